The van der Waals surface area contributed by atoms with Crippen molar-refractivity contribution in [1.29, 1.82) is 0 Å². The molecular formula is C37H49N2O4+. The van der Waals surface area contributed by atoms with E-state index in [0.29, 0.717) is 13.2 Å². The van der Waals surface area contributed by atoms with Gasteiger partial charge < -0.3 is 23.8 Å². The van der Waals surface area contributed by atoms with Gasteiger partial charge in [-0.2, -0.15) is 4.58 Å². The van der Waals surface area contributed by atoms with Crippen LogP contribution in [0.5, 0.6) is 0 Å². The van der Waals surface area contributed by atoms with Gasteiger partial charge in [0.1, 0.15) is 0 Å². The highest BCUT2D eigenvalue weighted by Gasteiger charge is 2.44. The van der Waals surface area contributed by atoms with Crippen molar-refractivity contribution < 1.29 is 23.5 Å². The van der Waals surface area contributed by atoms with Gasteiger partial charge in [-0.1, -0.05) is 67.6 Å². The molecule has 0 aliphatic carbocycles. The van der Waals surface area contributed by atoms with E-state index in [4.69, 9.17) is 18.9 Å². The lowest BCUT2D eigenvalue weighted by atomic mass is 9.81. The second kappa shape index (κ2) is 16.0. The second-order valence-electron chi connectivity index (χ2n) is 11.4. The van der Waals surface area contributed by atoms with Crippen LogP contribution in [0.3, 0.4) is 0 Å². The molecule has 2 aliphatic heterocycles. The van der Waals surface area contributed by atoms with Gasteiger partial charge in [0.15, 0.2) is 24.8 Å². The number of para-hydroxylation sites is 2. The number of allylic oxidation sites excluding steroid dienone is 6. The molecule has 1 fully saturated rings. The van der Waals surface area contributed by atoms with Gasteiger partial charge in [0.25, 0.3) is 0 Å². The molecular weight excluding hydrogens is 536 g/mol. The first-order chi connectivity index (χ1) is 20.9. The van der Waals surface area contributed by atoms with E-state index < -0.39 is 0 Å². The molecule has 6 nitrogen and oxygen atoms in total. The average molecular weight is 586 g/mol. The molecule has 0 spiro atoms. The molecule has 0 saturated carbocycles. The standard InChI is InChI=1S/C37H49N2O4/c1-7-30-18-11-13-20-32(30)38(25-16-15-23-35(40-5)41-6)29(2)17-9-8-10-22-34-37(3,4)31-19-12-14-21-33(31)39(34)26-24-36-42-27-28-43-36/h8-15,17-23,35-36H,7,16,24-28H2,1-6H3/q+1/b23-15+. The molecule has 0 atom stereocenters. The summed E-state index contributed by atoms with van der Waals surface area (Å²) in [7, 11) is 3.30. The molecule has 1 saturated heterocycles. The van der Waals surface area contributed by atoms with Crippen LogP contribution in [0.4, 0.5) is 11.4 Å². The van der Waals surface area contributed by atoms with E-state index in [0.717, 1.165) is 32.4 Å². The largest absolute Gasteiger partial charge is 0.352 e. The minimum Gasteiger partial charge on any atom is -0.352 e. The van der Waals surface area contributed by atoms with Gasteiger partial charge in [-0.05, 0) is 57.4 Å². The van der Waals surface area contributed by atoms with Crippen molar-refractivity contribution in [2.24, 2.45) is 0 Å². The van der Waals surface area contributed by atoms with Crippen LogP contribution in [0.2, 0.25) is 0 Å². The van der Waals surface area contributed by atoms with Crippen LogP contribution in [0.15, 0.2) is 96.8 Å². The van der Waals surface area contributed by atoms with E-state index in [1.165, 1.54) is 33.9 Å². The van der Waals surface area contributed by atoms with Crippen molar-refractivity contribution >= 4 is 17.1 Å². The number of hydrogen-bond donors (Lipinski definition) is 0. The number of aryl methyl sites for hydroxylation is 1. The topological polar surface area (TPSA) is 43.2 Å². The van der Waals surface area contributed by atoms with Crippen LogP contribution in [0.25, 0.3) is 0 Å². The Bertz CT molecular complexity index is 1340. The Labute approximate surface area is 258 Å². The van der Waals surface area contributed by atoms with Crippen molar-refractivity contribution in [2.45, 2.75) is 65.0 Å². The lowest BCUT2D eigenvalue weighted by Crippen LogP contribution is -2.28. The predicted molar refractivity (Wildman–Crippen MR) is 176 cm³/mol. The minimum atomic E-state index is -0.321. The summed E-state index contributed by atoms with van der Waals surface area (Å²) in [5.74, 6) is 0. The van der Waals surface area contributed by atoms with Gasteiger partial charge in [-0.15, -0.1) is 0 Å². The van der Waals surface area contributed by atoms with E-state index in [1.807, 2.05) is 6.08 Å². The maximum absolute atomic E-state index is 5.73. The fourth-order valence-electron chi connectivity index (χ4n) is 5.91. The Balaban J connectivity index is 1.52. The molecule has 0 radical (unpaired) electrons. The molecule has 43 heavy (non-hydrogen) atoms. The quantitative estimate of drug-likeness (QED) is 0.0939. The highest BCUT2D eigenvalue weighted by atomic mass is 16.7. The molecule has 0 amide bonds. The molecule has 2 heterocycles. The summed E-state index contributed by atoms with van der Waals surface area (Å²) in [6, 6.07) is 17.4. The molecule has 6 heteroatoms. The predicted octanol–water partition coefficient (Wildman–Crippen LogP) is 7.48. The van der Waals surface area contributed by atoms with Gasteiger partial charge >= 0.3 is 0 Å². The zero-order chi connectivity index (χ0) is 30.7. The van der Waals surface area contributed by atoms with Gasteiger partial charge in [0, 0.05) is 49.9 Å². The van der Waals surface area contributed by atoms with Gasteiger partial charge in [0.2, 0.25) is 5.69 Å². The minimum absolute atomic E-state index is 0.0943. The molecule has 2 aromatic rings. The summed E-state index contributed by atoms with van der Waals surface area (Å²) in [6.07, 6.45) is 17.2. The summed E-state index contributed by atoms with van der Waals surface area (Å²) in [5, 5.41) is 0. The number of ether oxygens (including phenoxy) is 4. The maximum atomic E-state index is 5.73. The van der Waals surface area contributed by atoms with Crippen molar-refractivity contribution in [3.63, 3.8) is 0 Å². The Kier molecular flexibility index (Phi) is 12.1. The number of anilines is 1. The molecule has 4 rings (SSSR count). The van der Waals surface area contributed by atoms with Crippen LogP contribution in [0, 0.1) is 0 Å². The number of benzene rings is 2. The number of fused-ring (bicyclic) bond motifs is 1. The summed E-state index contributed by atoms with van der Waals surface area (Å²) < 4.78 is 24.5. The van der Waals surface area contributed by atoms with E-state index in [1.54, 1.807) is 14.2 Å². The third-order valence-corrected chi connectivity index (χ3v) is 8.26. The first-order valence-corrected chi connectivity index (χ1v) is 15.5. The molecule has 0 unspecified atom stereocenters. The molecule has 230 valence electrons. The normalized spacial score (nSPS) is 17.4. The van der Waals surface area contributed by atoms with Gasteiger partial charge in [-0.3, -0.25) is 0 Å². The summed E-state index contributed by atoms with van der Waals surface area (Å²) in [5.41, 5.74) is 7.58. The van der Waals surface area contributed by atoms with Crippen LogP contribution < -0.4 is 4.90 Å². The number of nitrogens with zero attached hydrogens (tertiary/aromatic N) is 2. The number of methoxy groups -OCH3 is 2. The van der Waals surface area contributed by atoms with Crippen LogP contribution >= 0.6 is 0 Å². The van der Waals surface area contributed by atoms with E-state index in [9.17, 15) is 0 Å². The Morgan fingerprint density at radius 3 is 2.49 bits per heavy atom. The lowest BCUT2D eigenvalue weighted by Gasteiger charge is -2.27. The number of rotatable bonds is 15. The highest BCUT2D eigenvalue weighted by molar-refractivity contribution is 6.03. The third kappa shape index (κ3) is 8.21. The molecule has 0 N–H and O–H groups in total. The van der Waals surface area contributed by atoms with Gasteiger partial charge in [-0.25, -0.2) is 0 Å². The Morgan fingerprint density at radius 1 is 1.02 bits per heavy atom. The van der Waals surface area contributed by atoms with Crippen molar-refractivity contribution in [1.82, 2.24) is 0 Å². The third-order valence-electron chi connectivity index (χ3n) is 8.26. The lowest BCUT2D eigenvalue weighted by molar-refractivity contribution is -0.442. The zero-order valence-corrected chi connectivity index (χ0v) is 26.8. The van der Waals surface area contributed by atoms with Crippen LogP contribution in [0.1, 0.15) is 51.7 Å². The van der Waals surface area contributed by atoms with Crippen LogP contribution in [-0.4, -0.2) is 63.4 Å². The first-order valence-electron chi connectivity index (χ1n) is 15.5. The summed E-state index contributed by atoms with van der Waals surface area (Å²) in [4.78, 5) is 2.40. The van der Waals surface area contributed by atoms with E-state index in [-0.39, 0.29) is 18.0 Å². The summed E-state index contributed by atoms with van der Waals surface area (Å²) >= 11 is 0. The molecule has 2 aromatic carbocycles. The zero-order valence-electron chi connectivity index (χ0n) is 26.8. The van der Waals surface area contributed by atoms with Gasteiger partial charge in [0.05, 0.1) is 25.0 Å². The monoisotopic (exact) mass is 585 g/mol. The smallest absolute Gasteiger partial charge is 0.209 e. The van der Waals surface area contributed by atoms with E-state index in [2.05, 4.69) is 122 Å². The first kappa shape index (κ1) is 32.6. The Morgan fingerprint density at radius 2 is 1.74 bits per heavy atom. The van der Waals surface area contributed by atoms with Crippen LogP contribution in [-0.2, 0) is 30.8 Å². The van der Waals surface area contributed by atoms with Crippen molar-refractivity contribution in [3.8, 4) is 0 Å². The highest BCUT2D eigenvalue weighted by Crippen LogP contribution is 2.40. The Hall–Kier alpha value is -3.29. The average Bonchev–Trinajstić information content (AvgIpc) is 3.62. The number of hydrogen-bond acceptors (Lipinski definition) is 5. The summed E-state index contributed by atoms with van der Waals surface area (Å²) in [6.45, 7) is 12.1. The second-order valence-corrected chi connectivity index (χ2v) is 11.4. The molecule has 2 aliphatic rings. The SMILES string of the molecule is CCc1ccccc1N(CC/C=C/C(OC)OC)/C(C)=C/C=C/C=C/C1=[N+](CCC2OCCO2)c2ccccc2C1(C)C. The molecule has 0 aromatic heterocycles. The maximum Gasteiger partial charge on any atom is 0.209 e. The fraction of sp³-hybridized carbons (Fsp3) is 0.432. The van der Waals surface area contributed by atoms with Crippen molar-refractivity contribution in [3.05, 3.63) is 108 Å². The van der Waals surface area contributed by atoms with Crippen molar-refractivity contribution in [2.75, 3.05) is 45.4 Å². The fourth-order valence-corrected chi connectivity index (χ4v) is 5.91. The van der Waals surface area contributed by atoms with E-state index >= 15 is 0 Å². The molecule has 0 bridgehead atoms.